The van der Waals surface area contributed by atoms with Gasteiger partial charge in [-0.25, -0.2) is 0 Å². The molecule has 0 aromatic heterocycles. The molecule has 0 spiro atoms. The van der Waals surface area contributed by atoms with Crippen molar-refractivity contribution in [2.24, 2.45) is 0 Å². The molecule has 1 aliphatic heterocycles. The van der Waals surface area contributed by atoms with Crippen LogP contribution in [0.1, 0.15) is 25.8 Å². The molecule has 2 rings (SSSR count). The third kappa shape index (κ3) is 1.33. The summed E-state index contributed by atoms with van der Waals surface area (Å²) in [4.78, 5) is 0. The summed E-state index contributed by atoms with van der Waals surface area (Å²) in [5.74, 6) is 0. The van der Waals surface area contributed by atoms with Crippen LogP contribution in [0.3, 0.4) is 0 Å². The topological polar surface area (TPSA) is 12.0 Å². The van der Waals surface area contributed by atoms with Crippen LogP contribution < -0.4 is 5.32 Å². The lowest BCUT2D eigenvalue weighted by Crippen LogP contribution is -2.34. The van der Waals surface area contributed by atoms with Crippen LogP contribution in [-0.2, 0) is 5.41 Å². The number of nitrogens with one attached hydrogen (secondary N) is 1. The van der Waals surface area contributed by atoms with Crippen molar-refractivity contribution >= 4 is 5.69 Å². The molecule has 1 heteroatoms. The van der Waals surface area contributed by atoms with Gasteiger partial charge in [0.1, 0.15) is 0 Å². The second-order valence-electron chi connectivity index (χ2n) is 4.42. The first kappa shape index (κ1) is 9.32. The van der Waals surface area contributed by atoms with E-state index < -0.39 is 0 Å². The number of anilines is 1. The van der Waals surface area contributed by atoms with Crippen molar-refractivity contribution in [1.29, 1.82) is 0 Å². The van der Waals surface area contributed by atoms with Gasteiger partial charge >= 0.3 is 0 Å². The van der Waals surface area contributed by atoms with Crippen molar-refractivity contribution in [2.45, 2.75) is 31.7 Å². The predicted molar refractivity (Wildman–Crippen MR) is 61.7 cm³/mol. The van der Waals surface area contributed by atoms with E-state index in [1.165, 1.54) is 11.3 Å². The van der Waals surface area contributed by atoms with Crippen molar-refractivity contribution in [1.82, 2.24) is 0 Å². The molecule has 1 aliphatic rings. The summed E-state index contributed by atoms with van der Waals surface area (Å²) < 4.78 is 0. The van der Waals surface area contributed by atoms with Crippen molar-refractivity contribution in [3.05, 3.63) is 42.5 Å². The first-order valence-corrected chi connectivity index (χ1v) is 5.15. The van der Waals surface area contributed by atoms with Crippen LogP contribution in [0.4, 0.5) is 5.69 Å². The normalized spacial score (nSPS) is 30.3. The first-order chi connectivity index (χ1) is 6.65. The lowest BCUT2D eigenvalue weighted by Gasteiger charge is -2.37. The molecule has 1 N–H and O–H groups in total. The van der Waals surface area contributed by atoms with E-state index in [9.17, 15) is 0 Å². The van der Waals surface area contributed by atoms with Crippen molar-refractivity contribution in [3.8, 4) is 0 Å². The van der Waals surface area contributed by atoms with Gasteiger partial charge in [0.15, 0.2) is 0 Å². The standard InChI is InChI=1S/C13H17N/c1-4-13(3)9-10(2)14-12-8-6-5-7-11(12)13/h4-8,10,14H,1,9H2,2-3H3. The monoisotopic (exact) mass is 187 g/mol. The number of hydrogen-bond donors (Lipinski definition) is 1. The summed E-state index contributed by atoms with van der Waals surface area (Å²) in [6.45, 7) is 8.44. The van der Waals surface area contributed by atoms with E-state index in [4.69, 9.17) is 0 Å². The Kier molecular flexibility index (Phi) is 2.10. The van der Waals surface area contributed by atoms with E-state index in [0.29, 0.717) is 6.04 Å². The van der Waals surface area contributed by atoms with E-state index in [2.05, 4.69) is 56.1 Å². The molecule has 0 amide bonds. The Morgan fingerprint density at radius 1 is 1.50 bits per heavy atom. The Morgan fingerprint density at radius 3 is 2.93 bits per heavy atom. The lowest BCUT2D eigenvalue weighted by atomic mass is 9.74. The van der Waals surface area contributed by atoms with E-state index in [1.54, 1.807) is 0 Å². The van der Waals surface area contributed by atoms with Crippen LogP contribution in [0.25, 0.3) is 0 Å². The summed E-state index contributed by atoms with van der Waals surface area (Å²) in [6.07, 6.45) is 3.19. The van der Waals surface area contributed by atoms with Gasteiger partial charge in [0.2, 0.25) is 0 Å². The van der Waals surface area contributed by atoms with Crippen molar-refractivity contribution in [3.63, 3.8) is 0 Å². The molecule has 0 radical (unpaired) electrons. The van der Waals surface area contributed by atoms with Gasteiger partial charge in [-0.3, -0.25) is 0 Å². The van der Waals surface area contributed by atoms with E-state index in [1.807, 2.05) is 0 Å². The van der Waals surface area contributed by atoms with Gasteiger partial charge in [-0.1, -0.05) is 31.2 Å². The van der Waals surface area contributed by atoms with Gasteiger partial charge in [-0.15, -0.1) is 6.58 Å². The van der Waals surface area contributed by atoms with E-state index in [0.717, 1.165) is 6.42 Å². The summed E-state index contributed by atoms with van der Waals surface area (Å²) in [5, 5.41) is 3.50. The largest absolute Gasteiger partial charge is 0.382 e. The highest BCUT2D eigenvalue weighted by Gasteiger charge is 2.31. The molecule has 0 saturated carbocycles. The van der Waals surface area contributed by atoms with Crippen LogP contribution >= 0.6 is 0 Å². The highest BCUT2D eigenvalue weighted by Crippen LogP contribution is 2.39. The minimum Gasteiger partial charge on any atom is -0.382 e. The quantitative estimate of drug-likeness (QED) is 0.665. The van der Waals surface area contributed by atoms with E-state index in [-0.39, 0.29) is 5.41 Å². The van der Waals surface area contributed by atoms with Gasteiger partial charge in [-0.05, 0) is 25.0 Å². The van der Waals surface area contributed by atoms with E-state index >= 15 is 0 Å². The highest BCUT2D eigenvalue weighted by molar-refractivity contribution is 5.58. The third-order valence-electron chi connectivity index (χ3n) is 3.13. The van der Waals surface area contributed by atoms with Gasteiger partial charge in [0.25, 0.3) is 0 Å². The van der Waals surface area contributed by atoms with Gasteiger partial charge in [0.05, 0.1) is 0 Å². The third-order valence-corrected chi connectivity index (χ3v) is 3.13. The predicted octanol–water partition coefficient (Wildman–Crippen LogP) is 3.33. The maximum atomic E-state index is 3.96. The second-order valence-corrected chi connectivity index (χ2v) is 4.42. The smallest absolute Gasteiger partial charge is 0.0383 e. The number of hydrogen-bond acceptors (Lipinski definition) is 1. The molecule has 2 atom stereocenters. The van der Waals surface area contributed by atoms with Crippen molar-refractivity contribution in [2.75, 3.05) is 5.32 Å². The van der Waals surface area contributed by atoms with Crippen LogP contribution in [0.5, 0.6) is 0 Å². The average molecular weight is 187 g/mol. The summed E-state index contributed by atoms with van der Waals surface area (Å²) >= 11 is 0. The molecule has 0 aliphatic carbocycles. The number of rotatable bonds is 1. The molecule has 1 heterocycles. The fourth-order valence-electron chi connectivity index (χ4n) is 2.36. The molecular weight excluding hydrogens is 170 g/mol. The van der Waals surface area contributed by atoms with Crippen LogP contribution in [0.15, 0.2) is 36.9 Å². The SMILES string of the molecule is C=CC1(C)CC(C)Nc2ccccc21. The molecule has 0 fully saturated rings. The summed E-state index contributed by atoms with van der Waals surface area (Å²) in [5.41, 5.74) is 2.75. The summed E-state index contributed by atoms with van der Waals surface area (Å²) in [6, 6.07) is 9.03. The number of para-hydroxylation sites is 1. The van der Waals surface area contributed by atoms with Crippen LogP contribution in [0.2, 0.25) is 0 Å². The zero-order chi connectivity index (χ0) is 10.2. The number of allylic oxidation sites excluding steroid dienone is 1. The minimum atomic E-state index is 0.126. The minimum absolute atomic E-state index is 0.126. The Hall–Kier alpha value is -1.24. The zero-order valence-corrected chi connectivity index (χ0v) is 8.88. The molecule has 74 valence electrons. The zero-order valence-electron chi connectivity index (χ0n) is 8.88. The maximum absolute atomic E-state index is 3.96. The molecule has 1 aromatic carbocycles. The maximum Gasteiger partial charge on any atom is 0.0383 e. The summed E-state index contributed by atoms with van der Waals surface area (Å²) in [7, 11) is 0. The fraction of sp³-hybridized carbons (Fsp3) is 0.385. The molecular formula is C13H17N. The first-order valence-electron chi connectivity index (χ1n) is 5.15. The Balaban J connectivity index is 2.54. The number of fused-ring (bicyclic) bond motifs is 1. The van der Waals surface area contributed by atoms with Gasteiger partial charge in [-0.2, -0.15) is 0 Å². The van der Waals surface area contributed by atoms with Crippen LogP contribution in [-0.4, -0.2) is 6.04 Å². The molecule has 0 saturated heterocycles. The average Bonchev–Trinajstić information content (AvgIpc) is 2.17. The van der Waals surface area contributed by atoms with Gasteiger partial charge < -0.3 is 5.32 Å². The number of benzene rings is 1. The Labute approximate surface area is 85.8 Å². The van der Waals surface area contributed by atoms with Crippen LogP contribution in [0, 0.1) is 0 Å². The van der Waals surface area contributed by atoms with Gasteiger partial charge in [0, 0.05) is 17.1 Å². The molecule has 2 unspecified atom stereocenters. The molecule has 14 heavy (non-hydrogen) atoms. The highest BCUT2D eigenvalue weighted by atomic mass is 14.9. The second kappa shape index (κ2) is 3.16. The molecule has 1 nitrogen and oxygen atoms in total. The molecule has 1 aromatic rings. The Morgan fingerprint density at radius 2 is 2.21 bits per heavy atom. The van der Waals surface area contributed by atoms with Crippen molar-refractivity contribution < 1.29 is 0 Å². The molecule has 0 bridgehead atoms. The Bertz CT molecular complexity index is 356. The fourth-order valence-corrected chi connectivity index (χ4v) is 2.36. The lowest BCUT2D eigenvalue weighted by molar-refractivity contribution is 0.484.